The van der Waals surface area contributed by atoms with E-state index < -0.39 is 24.3 Å². The summed E-state index contributed by atoms with van der Waals surface area (Å²) in [5.41, 5.74) is 1.27. The van der Waals surface area contributed by atoms with Gasteiger partial charge in [-0.2, -0.15) is 26.3 Å². The van der Waals surface area contributed by atoms with Crippen molar-refractivity contribution in [3.05, 3.63) is 30.1 Å². The van der Waals surface area contributed by atoms with Crippen LogP contribution in [0.2, 0.25) is 0 Å². The Balaban J connectivity index is 0.000000362. The number of rotatable bonds is 5. The Hall–Kier alpha value is -2.94. The van der Waals surface area contributed by atoms with Gasteiger partial charge in [-0.05, 0) is 23.5 Å². The maximum Gasteiger partial charge on any atom is 0.490 e. The monoisotopic (exact) mass is 517 g/mol. The molecule has 198 valence electrons. The van der Waals surface area contributed by atoms with Crippen LogP contribution in [0.4, 0.5) is 26.3 Å². The molecule has 0 saturated carbocycles. The number of carbonyl (C=O) groups excluding carboxylic acids is 1. The van der Waals surface area contributed by atoms with Crippen LogP contribution < -0.4 is 0 Å². The minimum atomic E-state index is -5.08. The van der Waals surface area contributed by atoms with E-state index in [1.165, 1.54) is 5.56 Å². The Kier molecular flexibility index (Phi) is 11.4. The number of ether oxygens (including phenoxy) is 1. The van der Waals surface area contributed by atoms with Gasteiger partial charge in [-0.25, -0.2) is 9.59 Å². The highest BCUT2D eigenvalue weighted by Crippen LogP contribution is 2.32. The summed E-state index contributed by atoms with van der Waals surface area (Å²) in [5.74, 6) is -4.01. The van der Waals surface area contributed by atoms with Gasteiger partial charge in [0.15, 0.2) is 0 Å². The number of hydrogen-bond donors (Lipinski definition) is 2. The summed E-state index contributed by atoms with van der Waals surface area (Å²) in [6.07, 6.45) is -5.91. The van der Waals surface area contributed by atoms with E-state index in [1.54, 1.807) is 7.11 Å². The highest BCUT2D eigenvalue weighted by molar-refractivity contribution is 5.76. The van der Waals surface area contributed by atoms with Gasteiger partial charge < -0.3 is 19.8 Å². The van der Waals surface area contributed by atoms with Crippen LogP contribution in [0.1, 0.15) is 12.0 Å². The first kappa shape index (κ1) is 30.1. The number of aromatic nitrogens is 1. The first-order valence-corrected chi connectivity index (χ1v) is 10.1. The summed E-state index contributed by atoms with van der Waals surface area (Å²) >= 11 is 0. The van der Waals surface area contributed by atoms with Gasteiger partial charge in [0.25, 0.3) is 0 Å². The molecule has 1 amide bonds. The molecule has 15 heteroatoms. The molecular formula is C20H25F6N3O6. The number of amides is 1. The summed E-state index contributed by atoms with van der Waals surface area (Å²) in [7, 11) is 1.64. The van der Waals surface area contributed by atoms with Crippen LogP contribution in [0.25, 0.3) is 0 Å². The third-order valence-electron chi connectivity index (χ3n) is 5.05. The smallest absolute Gasteiger partial charge is 0.475 e. The molecule has 2 fully saturated rings. The van der Waals surface area contributed by atoms with Crippen molar-refractivity contribution in [2.75, 3.05) is 39.9 Å². The number of nitrogens with zero attached hydrogens (tertiary/aromatic N) is 3. The largest absolute Gasteiger partial charge is 0.490 e. The summed E-state index contributed by atoms with van der Waals surface area (Å²) in [6.45, 7) is 5.50. The van der Waals surface area contributed by atoms with Crippen LogP contribution in [0.3, 0.4) is 0 Å². The van der Waals surface area contributed by atoms with Crippen LogP contribution in [0, 0.1) is 11.8 Å². The highest BCUT2D eigenvalue weighted by atomic mass is 19.4. The Morgan fingerprint density at radius 2 is 1.49 bits per heavy atom. The number of hydrogen-bond acceptors (Lipinski definition) is 6. The van der Waals surface area contributed by atoms with E-state index in [1.807, 2.05) is 23.4 Å². The predicted octanol–water partition coefficient (Wildman–Crippen LogP) is 2.27. The normalized spacial score (nSPS) is 19.7. The highest BCUT2D eigenvalue weighted by Gasteiger charge is 2.41. The molecule has 2 atom stereocenters. The van der Waals surface area contributed by atoms with Crippen molar-refractivity contribution in [1.29, 1.82) is 0 Å². The summed E-state index contributed by atoms with van der Waals surface area (Å²) in [5, 5.41) is 14.2. The molecule has 0 radical (unpaired) electrons. The standard InChI is InChI=1S/C16H23N3O2.2C2HF3O2/c1-21-6-4-16(20)19-11-14-9-18(10-15(14)12-19)8-13-3-2-5-17-7-13;2*3-2(4,5)1(6)7/h2-3,5,7,14-15H,4,6,8-12H2,1H3;2*(H,6,7)/t14-,15+;;. The molecule has 0 bridgehead atoms. The Morgan fingerprint density at radius 3 is 1.86 bits per heavy atom. The summed E-state index contributed by atoms with van der Waals surface area (Å²) in [6, 6.07) is 4.12. The van der Waals surface area contributed by atoms with Crippen molar-refractivity contribution in [3.63, 3.8) is 0 Å². The van der Waals surface area contributed by atoms with Crippen LogP contribution in [0.5, 0.6) is 0 Å². The van der Waals surface area contributed by atoms with Gasteiger partial charge >= 0.3 is 24.3 Å². The molecule has 3 rings (SSSR count). The van der Waals surface area contributed by atoms with Gasteiger partial charge in [0.1, 0.15) is 0 Å². The molecule has 0 aromatic carbocycles. The molecule has 0 unspecified atom stereocenters. The van der Waals surface area contributed by atoms with Gasteiger partial charge in [-0.15, -0.1) is 0 Å². The average Bonchev–Trinajstić information content (AvgIpc) is 3.31. The maximum atomic E-state index is 12.0. The van der Waals surface area contributed by atoms with Gasteiger partial charge in [-0.3, -0.25) is 14.7 Å². The molecule has 3 heterocycles. The summed E-state index contributed by atoms with van der Waals surface area (Å²) < 4.78 is 68.5. The number of carbonyl (C=O) groups is 3. The minimum absolute atomic E-state index is 0.241. The fourth-order valence-electron chi connectivity index (χ4n) is 3.52. The van der Waals surface area contributed by atoms with Crippen molar-refractivity contribution in [2.45, 2.75) is 25.3 Å². The maximum absolute atomic E-state index is 12.0. The number of alkyl halides is 6. The molecule has 1 aromatic rings. The number of carboxylic acid groups (broad SMARTS) is 2. The number of likely N-dealkylation sites (tertiary alicyclic amines) is 2. The molecule has 1 aromatic heterocycles. The molecule has 2 saturated heterocycles. The second kappa shape index (κ2) is 13.2. The van der Waals surface area contributed by atoms with Gasteiger partial charge in [0, 0.05) is 52.2 Å². The number of halogens is 6. The lowest BCUT2D eigenvalue weighted by molar-refractivity contribution is -0.193. The Morgan fingerprint density at radius 1 is 1.00 bits per heavy atom. The third-order valence-corrected chi connectivity index (χ3v) is 5.05. The zero-order valence-corrected chi connectivity index (χ0v) is 18.6. The predicted molar refractivity (Wildman–Crippen MR) is 107 cm³/mol. The number of carboxylic acids is 2. The van der Waals surface area contributed by atoms with Gasteiger partial charge in [0.05, 0.1) is 13.0 Å². The molecule has 0 aliphatic carbocycles. The second-order valence-electron chi connectivity index (χ2n) is 7.72. The zero-order chi connectivity index (χ0) is 26.8. The molecule has 35 heavy (non-hydrogen) atoms. The molecule has 2 N–H and O–H groups in total. The van der Waals surface area contributed by atoms with E-state index in [-0.39, 0.29) is 5.91 Å². The quantitative estimate of drug-likeness (QED) is 0.571. The van der Waals surface area contributed by atoms with E-state index in [2.05, 4.69) is 16.0 Å². The van der Waals surface area contributed by atoms with Crippen molar-refractivity contribution in [1.82, 2.24) is 14.8 Å². The Labute approximate surface area is 196 Å². The van der Waals surface area contributed by atoms with Crippen LogP contribution in [0.15, 0.2) is 24.5 Å². The van der Waals surface area contributed by atoms with Crippen molar-refractivity contribution in [3.8, 4) is 0 Å². The first-order valence-electron chi connectivity index (χ1n) is 10.1. The van der Waals surface area contributed by atoms with Gasteiger partial charge in [-0.1, -0.05) is 6.07 Å². The number of pyridine rings is 1. The first-order chi connectivity index (χ1) is 16.1. The average molecular weight is 517 g/mol. The molecular weight excluding hydrogens is 492 g/mol. The number of methoxy groups -OCH3 is 1. The molecule has 2 aliphatic rings. The Bertz CT molecular complexity index is 799. The van der Waals surface area contributed by atoms with Gasteiger partial charge in [0.2, 0.25) is 5.91 Å². The molecule has 9 nitrogen and oxygen atoms in total. The molecule has 2 aliphatic heterocycles. The fourth-order valence-corrected chi connectivity index (χ4v) is 3.52. The topological polar surface area (TPSA) is 120 Å². The zero-order valence-electron chi connectivity index (χ0n) is 18.6. The van der Waals surface area contributed by atoms with Crippen molar-refractivity contribution >= 4 is 17.8 Å². The van der Waals surface area contributed by atoms with Crippen LogP contribution in [-0.2, 0) is 25.7 Å². The second-order valence-corrected chi connectivity index (χ2v) is 7.72. The lowest BCUT2D eigenvalue weighted by Crippen LogP contribution is -2.33. The SMILES string of the molecule is COCCC(=O)N1C[C@H]2CN(Cc3cccnc3)C[C@H]2C1.O=C(O)C(F)(F)F.O=C(O)C(F)(F)F. The fraction of sp³-hybridized carbons (Fsp3) is 0.600. The minimum Gasteiger partial charge on any atom is -0.475 e. The van der Waals surface area contributed by atoms with Crippen LogP contribution >= 0.6 is 0 Å². The van der Waals surface area contributed by atoms with E-state index in [0.29, 0.717) is 24.9 Å². The van der Waals surface area contributed by atoms with E-state index in [9.17, 15) is 31.1 Å². The summed E-state index contributed by atoms with van der Waals surface area (Å²) in [4.78, 5) is 38.5. The lowest BCUT2D eigenvalue weighted by atomic mass is 10.0. The number of fused-ring (bicyclic) bond motifs is 1. The van der Waals surface area contributed by atoms with E-state index >= 15 is 0 Å². The van der Waals surface area contributed by atoms with E-state index in [4.69, 9.17) is 24.5 Å². The number of aliphatic carboxylic acids is 2. The van der Waals surface area contributed by atoms with Crippen molar-refractivity contribution < 1.29 is 55.7 Å². The third kappa shape index (κ3) is 10.9. The van der Waals surface area contributed by atoms with Crippen LogP contribution in [-0.4, -0.2) is 95.1 Å². The lowest BCUT2D eigenvalue weighted by Gasteiger charge is -2.21. The van der Waals surface area contributed by atoms with Crippen molar-refractivity contribution in [2.24, 2.45) is 11.8 Å². The molecule has 0 spiro atoms. The van der Waals surface area contributed by atoms with E-state index in [0.717, 1.165) is 32.7 Å².